The third-order valence-corrected chi connectivity index (χ3v) is 4.65. The van der Waals surface area contributed by atoms with Crippen molar-refractivity contribution in [1.82, 2.24) is 10.6 Å². The normalized spacial score (nSPS) is 11.2. The lowest BCUT2D eigenvalue weighted by Gasteiger charge is -2.09. The molecular weight excluding hydrogens is 473 g/mol. The minimum absolute atomic E-state index is 0.0554. The first-order valence-electron chi connectivity index (χ1n) is 8.87. The summed E-state index contributed by atoms with van der Waals surface area (Å²) < 4.78 is 30.2. The maximum Gasteiger partial charge on any atom is 0.277 e. The average molecular weight is 486 g/mol. The van der Waals surface area contributed by atoms with Crippen LogP contribution >= 0.6 is 15.9 Å². The van der Waals surface area contributed by atoms with Crippen molar-refractivity contribution < 1.29 is 22.9 Å². The predicted molar refractivity (Wildman–Crippen MR) is 113 cm³/mol. The van der Waals surface area contributed by atoms with Crippen LogP contribution < -0.4 is 15.6 Å². The molecule has 0 saturated heterocycles. The first kappa shape index (κ1) is 20.5. The van der Waals surface area contributed by atoms with Gasteiger partial charge in [-0.2, -0.15) is 5.10 Å². The van der Waals surface area contributed by atoms with E-state index in [4.69, 9.17) is 13.7 Å². The van der Waals surface area contributed by atoms with E-state index >= 15 is 0 Å². The second kappa shape index (κ2) is 8.92. The number of halogens is 2. The summed E-state index contributed by atoms with van der Waals surface area (Å²) in [7, 11) is 0. The van der Waals surface area contributed by atoms with E-state index in [1.807, 2.05) is 0 Å². The summed E-state index contributed by atoms with van der Waals surface area (Å²) in [5.74, 6) is -0.221. The van der Waals surface area contributed by atoms with Crippen molar-refractivity contribution in [3.63, 3.8) is 0 Å². The average Bonchev–Trinajstić information content (AvgIpc) is 3.29. The molecule has 0 saturated carbocycles. The third kappa shape index (κ3) is 4.69. The number of aromatic nitrogens is 1. The first-order valence-corrected chi connectivity index (χ1v) is 9.67. The Kier molecular flexibility index (Phi) is 5.89. The molecule has 1 amide bonds. The van der Waals surface area contributed by atoms with Gasteiger partial charge >= 0.3 is 0 Å². The van der Waals surface area contributed by atoms with Crippen LogP contribution in [-0.2, 0) is 4.79 Å². The molecule has 156 valence electrons. The number of amides is 1. The number of hydrogen-bond acceptors (Lipinski definition) is 7. The third-order valence-electron chi connectivity index (χ3n) is 4.16. The molecule has 0 atom stereocenters. The molecule has 0 spiro atoms. The molecule has 0 fully saturated rings. The van der Waals surface area contributed by atoms with Gasteiger partial charge in [0.2, 0.25) is 5.43 Å². The summed E-state index contributed by atoms with van der Waals surface area (Å²) in [6, 6.07) is 10.5. The number of nitrogens with one attached hydrogen (secondary N) is 1. The van der Waals surface area contributed by atoms with E-state index in [0.717, 1.165) is 16.8 Å². The van der Waals surface area contributed by atoms with Gasteiger partial charge in [0.05, 0.1) is 28.9 Å². The second-order valence-corrected chi connectivity index (χ2v) is 7.18. The number of nitrogens with zero attached hydrogens (tertiary/aromatic N) is 2. The zero-order chi connectivity index (χ0) is 21.8. The van der Waals surface area contributed by atoms with Crippen molar-refractivity contribution in [1.29, 1.82) is 0 Å². The van der Waals surface area contributed by atoms with Gasteiger partial charge in [0.1, 0.15) is 23.4 Å². The Labute approximate surface area is 182 Å². The van der Waals surface area contributed by atoms with Gasteiger partial charge in [-0.3, -0.25) is 9.59 Å². The van der Waals surface area contributed by atoms with E-state index in [9.17, 15) is 14.0 Å². The molecule has 0 radical (unpaired) electrons. The highest BCUT2D eigenvalue weighted by molar-refractivity contribution is 9.10. The molecule has 2 heterocycles. The molecule has 31 heavy (non-hydrogen) atoms. The highest BCUT2D eigenvalue weighted by Gasteiger charge is 2.12. The molecule has 4 aromatic rings. The highest BCUT2D eigenvalue weighted by Crippen LogP contribution is 2.32. The van der Waals surface area contributed by atoms with Crippen molar-refractivity contribution in [2.75, 3.05) is 6.61 Å². The van der Waals surface area contributed by atoms with E-state index < -0.39 is 17.2 Å². The Morgan fingerprint density at radius 3 is 2.94 bits per heavy atom. The predicted octanol–water partition coefficient (Wildman–Crippen LogP) is 3.88. The number of ether oxygens (including phenoxy) is 1. The van der Waals surface area contributed by atoms with Gasteiger partial charge in [-0.05, 0) is 36.4 Å². The molecule has 1 N–H and O–H groups in total. The van der Waals surface area contributed by atoms with Crippen LogP contribution in [0.3, 0.4) is 0 Å². The Hall–Kier alpha value is -3.79. The van der Waals surface area contributed by atoms with E-state index in [1.54, 1.807) is 24.3 Å². The lowest BCUT2D eigenvalue weighted by atomic mass is 10.1. The Bertz CT molecular complexity index is 1330. The maximum atomic E-state index is 13.4. The van der Waals surface area contributed by atoms with Crippen LogP contribution in [0.5, 0.6) is 5.75 Å². The number of hydrogen-bond donors (Lipinski definition) is 1. The number of carbonyl (C=O) groups is 1. The molecule has 0 unspecified atom stereocenters. The summed E-state index contributed by atoms with van der Waals surface area (Å²) in [6.45, 7) is -0.336. The van der Waals surface area contributed by atoms with Gasteiger partial charge in [0.25, 0.3) is 5.91 Å². The fourth-order valence-electron chi connectivity index (χ4n) is 2.73. The van der Waals surface area contributed by atoms with Crippen LogP contribution in [0.25, 0.3) is 22.3 Å². The summed E-state index contributed by atoms with van der Waals surface area (Å²) in [4.78, 5) is 24.4. The SMILES string of the molecule is O=C(COc1ccc(Br)cc1-c1ccno1)N/N=C/c1coc2ccc(F)cc2c1=O. The van der Waals surface area contributed by atoms with Crippen LogP contribution in [0.2, 0.25) is 0 Å². The number of rotatable bonds is 6. The van der Waals surface area contributed by atoms with Crippen LogP contribution in [0.15, 0.2) is 78.2 Å². The second-order valence-electron chi connectivity index (χ2n) is 6.26. The van der Waals surface area contributed by atoms with Gasteiger partial charge in [-0.1, -0.05) is 21.1 Å². The molecule has 0 aliphatic rings. The Morgan fingerprint density at radius 1 is 1.26 bits per heavy atom. The fourth-order valence-corrected chi connectivity index (χ4v) is 3.09. The standard InChI is InChI=1S/C21H13BrFN3O5/c22-13-1-3-17(15(7-13)19-5-6-25-31-19)30-11-20(27)26-24-9-12-10-29-18-4-2-14(23)8-16(18)21(12)28/h1-10H,11H2,(H,26,27)/b24-9+. The van der Waals surface area contributed by atoms with Crippen LogP contribution in [0, 0.1) is 5.82 Å². The molecule has 0 aliphatic carbocycles. The van der Waals surface area contributed by atoms with Crippen molar-refractivity contribution in [3.05, 3.63) is 81.0 Å². The molecular formula is C21H13BrFN3O5. The quantitative estimate of drug-likeness (QED) is 0.328. The first-order chi connectivity index (χ1) is 15.0. The lowest BCUT2D eigenvalue weighted by Crippen LogP contribution is -2.25. The zero-order valence-electron chi connectivity index (χ0n) is 15.7. The largest absolute Gasteiger partial charge is 0.483 e. The van der Waals surface area contributed by atoms with Crippen LogP contribution in [-0.4, -0.2) is 23.9 Å². The summed E-state index contributed by atoms with van der Waals surface area (Å²) in [6.07, 6.45) is 3.80. The van der Waals surface area contributed by atoms with Crippen LogP contribution in [0.4, 0.5) is 4.39 Å². The number of carbonyl (C=O) groups excluding carboxylic acids is 1. The molecule has 0 aliphatic heterocycles. The van der Waals surface area contributed by atoms with Gasteiger partial charge in [0.15, 0.2) is 12.4 Å². The maximum absolute atomic E-state index is 13.4. The van der Waals surface area contributed by atoms with Crippen LogP contribution in [0.1, 0.15) is 5.56 Å². The lowest BCUT2D eigenvalue weighted by molar-refractivity contribution is -0.123. The molecule has 8 nitrogen and oxygen atoms in total. The van der Waals surface area contributed by atoms with E-state index in [1.165, 1.54) is 24.6 Å². The minimum atomic E-state index is -0.558. The molecule has 2 aromatic heterocycles. The Morgan fingerprint density at radius 2 is 2.13 bits per heavy atom. The zero-order valence-corrected chi connectivity index (χ0v) is 17.3. The monoisotopic (exact) mass is 485 g/mol. The van der Waals surface area contributed by atoms with Gasteiger partial charge in [-0.25, -0.2) is 9.82 Å². The van der Waals surface area contributed by atoms with Crippen molar-refractivity contribution in [2.24, 2.45) is 5.10 Å². The summed E-state index contributed by atoms with van der Waals surface area (Å²) in [5.41, 5.74) is 2.71. The summed E-state index contributed by atoms with van der Waals surface area (Å²) >= 11 is 3.37. The number of fused-ring (bicyclic) bond motifs is 1. The van der Waals surface area contributed by atoms with Gasteiger partial charge in [-0.15, -0.1) is 0 Å². The van der Waals surface area contributed by atoms with E-state index in [-0.39, 0.29) is 23.1 Å². The molecule has 2 aromatic carbocycles. The molecule has 10 heteroatoms. The molecule has 4 rings (SSSR count). The topological polar surface area (TPSA) is 107 Å². The number of hydrazone groups is 1. The smallest absolute Gasteiger partial charge is 0.277 e. The number of benzene rings is 2. The Balaban J connectivity index is 1.42. The van der Waals surface area contributed by atoms with Gasteiger partial charge in [0, 0.05) is 10.5 Å². The highest BCUT2D eigenvalue weighted by atomic mass is 79.9. The van der Waals surface area contributed by atoms with E-state index in [0.29, 0.717) is 17.1 Å². The minimum Gasteiger partial charge on any atom is -0.483 e. The summed E-state index contributed by atoms with van der Waals surface area (Å²) in [5, 5.41) is 7.48. The van der Waals surface area contributed by atoms with Crippen molar-refractivity contribution in [3.8, 4) is 17.1 Å². The van der Waals surface area contributed by atoms with Crippen molar-refractivity contribution in [2.45, 2.75) is 0 Å². The molecule has 0 bridgehead atoms. The van der Waals surface area contributed by atoms with Crippen molar-refractivity contribution >= 4 is 39.0 Å². The van der Waals surface area contributed by atoms with E-state index in [2.05, 4.69) is 31.6 Å². The van der Waals surface area contributed by atoms with Gasteiger partial charge < -0.3 is 13.7 Å². The fraction of sp³-hybridized carbons (Fsp3) is 0.0476.